The lowest BCUT2D eigenvalue weighted by Gasteiger charge is -2.26. The molecule has 3 rings (SSSR count). The molecule has 7 heteroatoms. The quantitative estimate of drug-likeness (QED) is 0.863. The first-order chi connectivity index (χ1) is 10.3. The van der Waals surface area contributed by atoms with Crippen LogP contribution in [0.4, 0.5) is 0 Å². The number of hydrogen-bond donors (Lipinski definition) is 0. The number of ether oxygens (including phenoxy) is 2. The molecule has 110 valence electrons. The van der Waals surface area contributed by atoms with Crippen molar-refractivity contribution >= 4 is 17.4 Å². The van der Waals surface area contributed by atoms with Crippen LogP contribution in [0.15, 0.2) is 24.3 Å². The van der Waals surface area contributed by atoms with Crippen molar-refractivity contribution in [2.75, 3.05) is 33.4 Å². The van der Waals surface area contributed by atoms with Crippen LogP contribution < -0.4 is 4.74 Å². The van der Waals surface area contributed by atoms with Crippen LogP contribution >= 0.6 is 11.5 Å². The molecule has 2 heterocycles. The van der Waals surface area contributed by atoms with Gasteiger partial charge in [-0.3, -0.25) is 4.79 Å². The SMILES string of the molecule is COc1cccc(-c2nnsc2C(=O)N2CCOCC2)c1. The van der Waals surface area contributed by atoms with Gasteiger partial charge in [-0.1, -0.05) is 16.6 Å². The van der Waals surface area contributed by atoms with Crippen molar-refractivity contribution in [3.8, 4) is 17.0 Å². The average Bonchev–Trinajstić information content (AvgIpc) is 3.04. The van der Waals surface area contributed by atoms with Crippen LogP contribution in [0.3, 0.4) is 0 Å². The number of morpholine rings is 1. The summed E-state index contributed by atoms with van der Waals surface area (Å²) in [7, 11) is 1.61. The monoisotopic (exact) mass is 305 g/mol. The Morgan fingerprint density at radius 3 is 2.95 bits per heavy atom. The second kappa shape index (κ2) is 6.19. The Balaban J connectivity index is 1.91. The van der Waals surface area contributed by atoms with E-state index < -0.39 is 0 Å². The molecule has 0 bridgehead atoms. The summed E-state index contributed by atoms with van der Waals surface area (Å²) in [5, 5.41) is 4.11. The molecule has 6 nitrogen and oxygen atoms in total. The van der Waals surface area contributed by atoms with Crippen molar-refractivity contribution < 1.29 is 14.3 Å². The summed E-state index contributed by atoms with van der Waals surface area (Å²) in [4.78, 5) is 14.9. The molecule has 2 aromatic rings. The Bertz CT molecular complexity index is 638. The highest BCUT2D eigenvalue weighted by Gasteiger charge is 2.24. The zero-order valence-electron chi connectivity index (χ0n) is 11.6. The predicted molar refractivity (Wildman–Crippen MR) is 78.6 cm³/mol. The molecule has 1 aromatic heterocycles. The van der Waals surface area contributed by atoms with Crippen molar-refractivity contribution in [3.63, 3.8) is 0 Å². The van der Waals surface area contributed by atoms with E-state index in [1.165, 1.54) is 0 Å². The van der Waals surface area contributed by atoms with Crippen LogP contribution in [0.25, 0.3) is 11.3 Å². The molecule has 1 aliphatic heterocycles. The molecule has 1 saturated heterocycles. The summed E-state index contributed by atoms with van der Waals surface area (Å²) in [5.74, 6) is 0.691. The van der Waals surface area contributed by atoms with E-state index in [0.29, 0.717) is 36.9 Å². The fourth-order valence-corrected chi connectivity index (χ4v) is 2.86. The zero-order chi connectivity index (χ0) is 14.7. The van der Waals surface area contributed by atoms with Gasteiger partial charge >= 0.3 is 0 Å². The van der Waals surface area contributed by atoms with Gasteiger partial charge < -0.3 is 14.4 Å². The summed E-state index contributed by atoms with van der Waals surface area (Å²) in [5.41, 5.74) is 1.44. The maximum absolute atomic E-state index is 12.6. The molecule has 0 unspecified atom stereocenters. The van der Waals surface area contributed by atoms with Crippen LogP contribution in [-0.2, 0) is 4.74 Å². The first kappa shape index (κ1) is 14.0. The van der Waals surface area contributed by atoms with E-state index in [0.717, 1.165) is 22.8 Å². The highest BCUT2D eigenvalue weighted by molar-refractivity contribution is 7.08. The molecular weight excluding hydrogens is 290 g/mol. The maximum Gasteiger partial charge on any atom is 0.268 e. The lowest BCUT2D eigenvalue weighted by molar-refractivity contribution is 0.0306. The number of carbonyl (C=O) groups excluding carboxylic acids is 1. The number of nitrogens with zero attached hydrogens (tertiary/aromatic N) is 3. The minimum absolute atomic E-state index is 0.0360. The minimum Gasteiger partial charge on any atom is -0.497 e. The molecule has 1 aliphatic rings. The lowest BCUT2D eigenvalue weighted by Crippen LogP contribution is -2.40. The fourth-order valence-electron chi connectivity index (χ4n) is 2.20. The van der Waals surface area contributed by atoms with Crippen molar-refractivity contribution in [2.24, 2.45) is 0 Å². The third-order valence-corrected chi connectivity index (χ3v) is 4.04. The van der Waals surface area contributed by atoms with Crippen molar-refractivity contribution in [1.29, 1.82) is 0 Å². The summed E-state index contributed by atoms with van der Waals surface area (Å²) in [6.45, 7) is 2.36. The maximum atomic E-state index is 12.6. The Kier molecular flexibility index (Phi) is 4.12. The summed E-state index contributed by atoms with van der Waals surface area (Å²) in [6, 6.07) is 7.48. The smallest absolute Gasteiger partial charge is 0.268 e. The highest BCUT2D eigenvalue weighted by atomic mass is 32.1. The van der Waals surface area contributed by atoms with Crippen LogP contribution in [0, 0.1) is 0 Å². The van der Waals surface area contributed by atoms with Gasteiger partial charge in [0, 0.05) is 18.7 Å². The molecule has 0 radical (unpaired) electrons. The lowest BCUT2D eigenvalue weighted by atomic mass is 10.1. The Morgan fingerprint density at radius 1 is 1.38 bits per heavy atom. The first-order valence-corrected chi connectivity index (χ1v) is 7.40. The predicted octanol–water partition coefficient (Wildman–Crippen LogP) is 1.69. The molecule has 0 saturated carbocycles. The minimum atomic E-state index is -0.0360. The van der Waals surface area contributed by atoms with Gasteiger partial charge in [-0.15, -0.1) is 5.10 Å². The standard InChI is InChI=1S/C14H15N3O3S/c1-19-11-4-2-3-10(9-11)12-13(21-16-15-12)14(18)17-5-7-20-8-6-17/h2-4,9H,5-8H2,1H3. The second-order valence-electron chi connectivity index (χ2n) is 4.59. The van der Waals surface area contributed by atoms with Crippen molar-refractivity contribution in [1.82, 2.24) is 14.5 Å². The van der Waals surface area contributed by atoms with Gasteiger partial charge in [0.25, 0.3) is 5.91 Å². The van der Waals surface area contributed by atoms with Gasteiger partial charge in [-0.25, -0.2) is 0 Å². The number of hydrogen-bond acceptors (Lipinski definition) is 6. The van der Waals surface area contributed by atoms with Crippen LogP contribution in [-0.4, -0.2) is 53.8 Å². The van der Waals surface area contributed by atoms with Gasteiger partial charge in [-0.05, 0) is 23.7 Å². The van der Waals surface area contributed by atoms with Gasteiger partial charge in [0.15, 0.2) is 0 Å². The second-order valence-corrected chi connectivity index (χ2v) is 5.34. The van der Waals surface area contributed by atoms with Gasteiger partial charge in [0.05, 0.1) is 20.3 Å². The molecule has 0 atom stereocenters. The first-order valence-electron chi connectivity index (χ1n) is 6.63. The largest absolute Gasteiger partial charge is 0.497 e. The van der Waals surface area contributed by atoms with Crippen LogP contribution in [0.1, 0.15) is 9.67 Å². The molecule has 1 amide bonds. The third kappa shape index (κ3) is 2.88. The topological polar surface area (TPSA) is 64.6 Å². The fraction of sp³-hybridized carbons (Fsp3) is 0.357. The summed E-state index contributed by atoms with van der Waals surface area (Å²) < 4.78 is 14.4. The van der Waals surface area contributed by atoms with E-state index in [4.69, 9.17) is 9.47 Å². The zero-order valence-corrected chi connectivity index (χ0v) is 12.4. The van der Waals surface area contributed by atoms with Crippen molar-refractivity contribution in [2.45, 2.75) is 0 Å². The number of amides is 1. The van der Waals surface area contributed by atoms with Crippen LogP contribution in [0.5, 0.6) is 5.75 Å². The molecule has 1 fully saturated rings. The van der Waals surface area contributed by atoms with E-state index in [1.807, 2.05) is 24.3 Å². The average molecular weight is 305 g/mol. The number of methoxy groups -OCH3 is 1. The molecule has 0 N–H and O–H groups in total. The van der Waals surface area contributed by atoms with Gasteiger partial charge in [-0.2, -0.15) is 0 Å². The van der Waals surface area contributed by atoms with Crippen LogP contribution in [0.2, 0.25) is 0 Å². The van der Waals surface area contributed by atoms with E-state index in [9.17, 15) is 4.79 Å². The Hall–Kier alpha value is -1.99. The molecule has 21 heavy (non-hydrogen) atoms. The summed E-state index contributed by atoms with van der Waals surface area (Å²) in [6.07, 6.45) is 0. The van der Waals surface area contributed by atoms with E-state index in [2.05, 4.69) is 9.59 Å². The van der Waals surface area contributed by atoms with E-state index in [1.54, 1.807) is 12.0 Å². The highest BCUT2D eigenvalue weighted by Crippen LogP contribution is 2.28. The Labute approximate surface area is 126 Å². The van der Waals surface area contributed by atoms with Gasteiger partial charge in [0.2, 0.25) is 0 Å². The number of aromatic nitrogens is 2. The Morgan fingerprint density at radius 2 is 2.19 bits per heavy atom. The van der Waals surface area contributed by atoms with E-state index in [-0.39, 0.29) is 5.91 Å². The molecule has 0 aliphatic carbocycles. The normalized spacial score (nSPS) is 15.0. The summed E-state index contributed by atoms with van der Waals surface area (Å²) >= 11 is 1.13. The molecular formula is C14H15N3O3S. The number of carbonyl (C=O) groups is 1. The third-order valence-electron chi connectivity index (χ3n) is 3.32. The molecule has 0 spiro atoms. The van der Waals surface area contributed by atoms with Crippen molar-refractivity contribution in [3.05, 3.63) is 29.1 Å². The van der Waals surface area contributed by atoms with E-state index >= 15 is 0 Å². The number of rotatable bonds is 3. The van der Waals surface area contributed by atoms with Gasteiger partial charge in [0.1, 0.15) is 16.3 Å². The molecule has 1 aromatic carbocycles. The number of benzene rings is 1.